The summed E-state index contributed by atoms with van der Waals surface area (Å²) in [6, 6.07) is 16.3. The predicted octanol–water partition coefficient (Wildman–Crippen LogP) is 2.26. The first-order chi connectivity index (χ1) is 16.9. The molecule has 35 heavy (non-hydrogen) atoms. The third-order valence-corrected chi connectivity index (χ3v) is 6.47. The molecule has 1 atom stereocenters. The van der Waals surface area contributed by atoms with Gasteiger partial charge in [0.15, 0.2) is 0 Å². The van der Waals surface area contributed by atoms with Gasteiger partial charge in [0, 0.05) is 18.9 Å². The highest BCUT2D eigenvalue weighted by atomic mass is 16.5. The molecule has 4 N–H and O–H groups in total. The van der Waals surface area contributed by atoms with E-state index in [1.807, 2.05) is 24.3 Å². The Labute approximate surface area is 203 Å². The number of carboxylic acid groups (broad SMARTS) is 1. The number of rotatable bonds is 11. The van der Waals surface area contributed by atoms with Gasteiger partial charge >= 0.3 is 12.1 Å². The van der Waals surface area contributed by atoms with Crippen LogP contribution in [0.3, 0.4) is 0 Å². The average molecular weight is 480 g/mol. The van der Waals surface area contributed by atoms with Gasteiger partial charge in [-0.05, 0) is 46.9 Å². The zero-order valence-corrected chi connectivity index (χ0v) is 19.3. The van der Waals surface area contributed by atoms with Crippen LogP contribution < -0.4 is 16.0 Å². The van der Waals surface area contributed by atoms with Crippen molar-refractivity contribution in [2.45, 2.75) is 25.2 Å². The number of alkyl carbamates (subject to hydrolysis) is 1. The van der Waals surface area contributed by atoms with Crippen LogP contribution in [0.5, 0.6) is 0 Å². The second-order valence-electron chi connectivity index (χ2n) is 8.96. The number of hydrogen-bond acceptors (Lipinski definition) is 5. The van der Waals surface area contributed by atoms with Gasteiger partial charge in [0.05, 0.1) is 6.54 Å². The van der Waals surface area contributed by atoms with Crippen LogP contribution in [0.2, 0.25) is 0 Å². The van der Waals surface area contributed by atoms with Gasteiger partial charge in [0.2, 0.25) is 11.8 Å². The number of benzene rings is 2. The van der Waals surface area contributed by atoms with E-state index in [4.69, 9.17) is 9.84 Å². The first kappa shape index (κ1) is 24.3. The number of carbonyl (C=O) groups is 4. The zero-order chi connectivity index (χ0) is 24.8. The molecule has 184 valence electrons. The van der Waals surface area contributed by atoms with Gasteiger partial charge in [0.1, 0.15) is 13.2 Å². The minimum atomic E-state index is -1.15. The van der Waals surface area contributed by atoms with Crippen LogP contribution in [0.1, 0.15) is 36.3 Å². The first-order valence-electron chi connectivity index (χ1n) is 11.8. The summed E-state index contributed by atoms with van der Waals surface area (Å²) in [5.41, 5.74) is 4.60. The molecule has 0 aromatic heterocycles. The number of carboxylic acids is 1. The zero-order valence-electron chi connectivity index (χ0n) is 19.3. The SMILES string of the molecule is O=C(O)CNC(=O)CNC(=O)CC(CNC(=O)OCC1c2ccccc2-c2ccccc21)C1CC1. The lowest BCUT2D eigenvalue weighted by atomic mass is 9.98. The predicted molar refractivity (Wildman–Crippen MR) is 128 cm³/mol. The summed E-state index contributed by atoms with van der Waals surface area (Å²) in [7, 11) is 0. The summed E-state index contributed by atoms with van der Waals surface area (Å²) in [5, 5.41) is 16.1. The van der Waals surface area contributed by atoms with Crippen LogP contribution in [-0.2, 0) is 19.1 Å². The number of fused-ring (bicyclic) bond motifs is 3. The van der Waals surface area contributed by atoms with Crippen LogP contribution >= 0.6 is 0 Å². The highest BCUT2D eigenvalue weighted by Crippen LogP contribution is 2.44. The first-order valence-corrected chi connectivity index (χ1v) is 11.8. The highest BCUT2D eigenvalue weighted by molar-refractivity contribution is 5.86. The maximum absolute atomic E-state index is 12.5. The fourth-order valence-electron chi connectivity index (χ4n) is 4.56. The quantitative estimate of drug-likeness (QED) is 0.391. The Kier molecular flexibility index (Phi) is 7.64. The Balaban J connectivity index is 1.24. The molecule has 1 unspecified atom stereocenters. The standard InChI is InChI=1S/C26H29N3O6/c30-23(27-13-24(31)28-14-25(32)33)11-17(16-9-10-16)12-29-26(34)35-15-22-20-7-3-1-5-18(20)19-6-2-4-8-21(19)22/h1-8,16-17,22H,9-15H2,(H,27,30)(H,28,31)(H,29,34)(H,32,33). The van der Waals surface area contributed by atoms with Crippen LogP contribution in [0.4, 0.5) is 4.79 Å². The molecule has 0 heterocycles. The monoisotopic (exact) mass is 479 g/mol. The molecule has 2 aromatic rings. The molecule has 2 aliphatic rings. The van der Waals surface area contributed by atoms with Crippen molar-refractivity contribution in [1.82, 2.24) is 16.0 Å². The Morgan fingerprint density at radius 2 is 1.46 bits per heavy atom. The van der Waals surface area contributed by atoms with Gasteiger partial charge in [-0.1, -0.05) is 48.5 Å². The molecule has 3 amide bonds. The van der Waals surface area contributed by atoms with Crippen molar-refractivity contribution in [3.63, 3.8) is 0 Å². The van der Waals surface area contributed by atoms with E-state index in [0.29, 0.717) is 12.5 Å². The number of hydrogen-bond donors (Lipinski definition) is 4. The lowest BCUT2D eigenvalue weighted by Crippen LogP contribution is -2.40. The van der Waals surface area contributed by atoms with Crippen LogP contribution in [0.15, 0.2) is 48.5 Å². The molecule has 1 fully saturated rings. The molecule has 9 heteroatoms. The third-order valence-electron chi connectivity index (χ3n) is 6.47. The number of ether oxygens (including phenoxy) is 1. The summed E-state index contributed by atoms with van der Waals surface area (Å²) in [6.07, 6.45) is 1.62. The highest BCUT2D eigenvalue weighted by Gasteiger charge is 2.33. The summed E-state index contributed by atoms with van der Waals surface area (Å²) in [5.74, 6) is -1.78. The Morgan fingerprint density at radius 1 is 0.857 bits per heavy atom. The molecule has 2 aromatic carbocycles. The van der Waals surface area contributed by atoms with Gasteiger partial charge in [-0.15, -0.1) is 0 Å². The maximum atomic E-state index is 12.5. The van der Waals surface area contributed by atoms with Crippen molar-refractivity contribution in [1.29, 1.82) is 0 Å². The van der Waals surface area contributed by atoms with Gasteiger partial charge in [-0.2, -0.15) is 0 Å². The second kappa shape index (κ2) is 11.0. The largest absolute Gasteiger partial charge is 0.480 e. The van der Waals surface area contributed by atoms with Crippen molar-refractivity contribution in [2.75, 3.05) is 26.2 Å². The van der Waals surface area contributed by atoms with Crippen LogP contribution in [-0.4, -0.2) is 55.2 Å². The van der Waals surface area contributed by atoms with Gasteiger partial charge in [-0.3, -0.25) is 14.4 Å². The van der Waals surface area contributed by atoms with E-state index >= 15 is 0 Å². The lowest BCUT2D eigenvalue weighted by molar-refractivity contribution is -0.137. The van der Waals surface area contributed by atoms with Crippen molar-refractivity contribution in [3.8, 4) is 11.1 Å². The van der Waals surface area contributed by atoms with E-state index in [-0.39, 0.29) is 37.3 Å². The molecular weight excluding hydrogens is 450 g/mol. The van der Waals surface area contributed by atoms with Gasteiger partial charge in [-0.25, -0.2) is 4.79 Å². The fraction of sp³-hybridized carbons (Fsp3) is 0.385. The van der Waals surface area contributed by atoms with E-state index in [1.165, 1.54) is 0 Å². The van der Waals surface area contributed by atoms with Crippen molar-refractivity contribution >= 4 is 23.9 Å². The smallest absolute Gasteiger partial charge is 0.407 e. The normalized spacial score (nSPS) is 14.9. The molecule has 1 saturated carbocycles. The summed E-state index contributed by atoms with van der Waals surface area (Å²) < 4.78 is 5.57. The molecule has 0 radical (unpaired) electrons. The number of aliphatic carboxylic acids is 1. The van der Waals surface area contributed by atoms with E-state index in [0.717, 1.165) is 35.1 Å². The van der Waals surface area contributed by atoms with E-state index in [9.17, 15) is 19.2 Å². The summed E-state index contributed by atoms with van der Waals surface area (Å²) in [6.45, 7) is -0.257. The Morgan fingerprint density at radius 3 is 2.06 bits per heavy atom. The molecular formula is C26H29N3O6. The van der Waals surface area contributed by atoms with E-state index < -0.39 is 24.5 Å². The van der Waals surface area contributed by atoms with E-state index in [2.05, 4.69) is 40.2 Å². The Hall–Kier alpha value is -3.88. The molecule has 0 aliphatic heterocycles. The van der Waals surface area contributed by atoms with Crippen molar-refractivity contribution in [2.24, 2.45) is 11.8 Å². The minimum Gasteiger partial charge on any atom is -0.480 e. The molecule has 0 bridgehead atoms. The van der Waals surface area contributed by atoms with Crippen LogP contribution in [0.25, 0.3) is 11.1 Å². The minimum absolute atomic E-state index is 0.0227. The van der Waals surface area contributed by atoms with E-state index in [1.54, 1.807) is 0 Å². The van der Waals surface area contributed by atoms with Gasteiger partial charge in [0.25, 0.3) is 0 Å². The number of amides is 3. The summed E-state index contributed by atoms with van der Waals surface area (Å²) in [4.78, 5) is 46.8. The maximum Gasteiger partial charge on any atom is 0.407 e. The van der Waals surface area contributed by atoms with Crippen molar-refractivity contribution in [3.05, 3.63) is 59.7 Å². The number of carbonyl (C=O) groups excluding carboxylic acids is 3. The van der Waals surface area contributed by atoms with Crippen molar-refractivity contribution < 1.29 is 29.0 Å². The fourth-order valence-corrected chi connectivity index (χ4v) is 4.56. The molecule has 9 nitrogen and oxygen atoms in total. The third kappa shape index (κ3) is 6.38. The molecule has 2 aliphatic carbocycles. The topological polar surface area (TPSA) is 134 Å². The number of nitrogens with one attached hydrogen (secondary N) is 3. The molecule has 4 rings (SSSR count). The van der Waals surface area contributed by atoms with Crippen LogP contribution in [0, 0.1) is 11.8 Å². The second-order valence-corrected chi connectivity index (χ2v) is 8.96. The molecule has 0 spiro atoms. The Bertz CT molecular complexity index is 1070. The summed E-state index contributed by atoms with van der Waals surface area (Å²) >= 11 is 0. The average Bonchev–Trinajstić information content (AvgIpc) is 3.65. The lowest BCUT2D eigenvalue weighted by Gasteiger charge is -2.18. The molecule has 0 saturated heterocycles. The van der Waals surface area contributed by atoms with Gasteiger partial charge < -0.3 is 25.8 Å².